The van der Waals surface area contributed by atoms with Crippen LogP contribution in [-0.2, 0) is 0 Å². The van der Waals surface area contributed by atoms with Gasteiger partial charge in [0.05, 0.1) is 0 Å². The van der Waals surface area contributed by atoms with Gasteiger partial charge in [-0.2, -0.15) is 0 Å². The zero-order valence-corrected chi connectivity index (χ0v) is 8.41. The highest BCUT2D eigenvalue weighted by Gasteiger charge is 2.37. The lowest BCUT2D eigenvalue weighted by atomic mass is 10.0. The number of nitrogens with one attached hydrogen (secondary N) is 2. The molecule has 0 amide bonds. The number of hydrazine groups is 1. The Kier molecular flexibility index (Phi) is 3.29. The molecule has 0 aromatic rings. The van der Waals surface area contributed by atoms with Gasteiger partial charge >= 0.3 is 0 Å². The summed E-state index contributed by atoms with van der Waals surface area (Å²) in [5.41, 5.74) is 8.13. The summed E-state index contributed by atoms with van der Waals surface area (Å²) in [6.45, 7) is 5.57. The summed E-state index contributed by atoms with van der Waals surface area (Å²) in [5, 5.41) is 0. The first-order chi connectivity index (χ1) is 5.73. The molecule has 1 rings (SSSR count). The molecule has 2 N–H and O–H groups in total. The van der Waals surface area contributed by atoms with Crippen LogP contribution in [0.3, 0.4) is 0 Å². The maximum Gasteiger partial charge on any atom is 0.0226 e. The molecule has 0 saturated carbocycles. The Labute approximate surface area is 75.4 Å². The lowest BCUT2D eigenvalue weighted by Gasteiger charge is -2.12. The summed E-state index contributed by atoms with van der Waals surface area (Å²) in [4.78, 5) is 0. The third-order valence-electron chi connectivity index (χ3n) is 2.58. The van der Waals surface area contributed by atoms with Crippen molar-refractivity contribution in [2.75, 3.05) is 13.6 Å². The molecule has 12 heavy (non-hydrogen) atoms. The summed E-state index contributed by atoms with van der Waals surface area (Å²) in [6, 6.07) is 0. The molecule has 0 aliphatic heterocycles. The number of rotatable bonds is 6. The van der Waals surface area contributed by atoms with Gasteiger partial charge in [-0.3, -0.25) is 10.9 Å². The first kappa shape index (κ1) is 9.75. The van der Waals surface area contributed by atoms with Gasteiger partial charge in [-0.05, 0) is 19.9 Å². The van der Waals surface area contributed by atoms with Crippen LogP contribution in [0.5, 0.6) is 0 Å². The Bertz CT molecular complexity index is 175. The van der Waals surface area contributed by atoms with Crippen molar-refractivity contribution in [2.24, 2.45) is 5.41 Å². The third-order valence-corrected chi connectivity index (χ3v) is 2.58. The minimum atomic E-state index is 0.387. The maximum absolute atomic E-state index is 3.16. The van der Waals surface area contributed by atoms with Gasteiger partial charge in [-0.1, -0.05) is 31.9 Å². The number of hydrogen-bond acceptors (Lipinski definition) is 2. The van der Waals surface area contributed by atoms with Crippen molar-refractivity contribution in [3.05, 3.63) is 11.6 Å². The fraction of sp³-hybridized carbons (Fsp3) is 0.800. The molecule has 1 atom stereocenters. The fourth-order valence-corrected chi connectivity index (χ4v) is 1.51. The van der Waals surface area contributed by atoms with Crippen LogP contribution in [0.15, 0.2) is 11.6 Å². The van der Waals surface area contributed by atoms with E-state index in [1.54, 1.807) is 5.57 Å². The van der Waals surface area contributed by atoms with Crippen LogP contribution in [0.25, 0.3) is 0 Å². The molecule has 0 radical (unpaired) electrons. The molecule has 0 aromatic heterocycles. The van der Waals surface area contributed by atoms with Gasteiger partial charge in [0, 0.05) is 12.0 Å². The van der Waals surface area contributed by atoms with Crippen molar-refractivity contribution in [1.29, 1.82) is 0 Å². The monoisotopic (exact) mass is 168 g/mol. The second-order valence-electron chi connectivity index (χ2n) is 3.79. The number of unbranched alkanes of at least 4 members (excludes halogenated alkanes) is 1. The van der Waals surface area contributed by atoms with E-state index in [1.807, 2.05) is 7.05 Å². The highest BCUT2D eigenvalue weighted by Crippen LogP contribution is 2.45. The van der Waals surface area contributed by atoms with Crippen LogP contribution in [0.1, 0.15) is 33.1 Å². The summed E-state index contributed by atoms with van der Waals surface area (Å²) in [6.07, 6.45) is 6.30. The molecular weight excluding hydrogens is 148 g/mol. The summed E-state index contributed by atoms with van der Waals surface area (Å²) in [7, 11) is 1.91. The van der Waals surface area contributed by atoms with Crippen LogP contribution < -0.4 is 10.9 Å². The predicted molar refractivity (Wildman–Crippen MR) is 52.8 cm³/mol. The zero-order chi connectivity index (χ0) is 9.03. The second-order valence-corrected chi connectivity index (χ2v) is 3.79. The summed E-state index contributed by atoms with van der Waals surface area (Å²) in [5.74, 6) is 0. The Balaban J connectivity index is 2.13. The van der Waals surface area contributed by atoms with Gasteiger partial charge in [0.2, 0.25) is 0 Å². The van der Waals surface area contributed by atoms with Gasteiger partial charge in [0.25, 0.3) is 0 Å². The van der Waals surface area contributed by atoms with Gasteiger partial charge in [0.1, 0.15) is 0 Å². The van der Waals surface area contributed by atoms with Crippen molar-refractivity contribution in [1.82, 2.24) is 10.9 Å². The molecule has 1 aliphatic carbocycles. The minimum Gasteiger partial charge on any atom is -0.261 e. The van der Waals surface area contributed by atoms with Crippen LogP contribution >= 0.6 is 0 Å². The van der Waals surface area contributed by atoms with Crippen molar-refractivity contribution < 1.29 is 0 Å². The highest BCUT2D eigenvalue weighted by atomic mass is 15.3. The first-order valence-corrected chi connectivity index (χ1v) is 4.85. The zero-order valence-electron chi connectivity index (χ0n) is 8.41. The lowest BCUT2D eigenvalue weighted by Crippen LogP contribution is -2.33. The molecule has 2 heteroatoms. The Morgan fingerprint density at radius 3 is 2.83 bits per heavy atom. The van der Waals surface area contributed by atoms with E-state index in [9.17, 15) is 0 Å². The van der Waals surface area contributed by atoms with E-state index in [1.165, 1.54) is 19.3 Å². The van der Waals surface area contributed by atoms with Gasteiger partial charge < -0.3 is 0 Å². The van der Waals surface area contributed by atoms with Crippen LogP contribution in [0.4, 0.5) is 0 Å². The molecule has 0 aromatic carbocycles. The molecule has 1 aliphatic rings. The smallest absolute Gasteiger partial charge is 0.0226 e. The predicted octanol–water partition coefficient (Wildman–Crippen LogP) is 1.85. The molecule has 70 valence electrons. The quantitative estimate of drug-likeness (QED) is 0.467. The van der Waals surface area contributed by atoms with E-state index in [-0.39, 0.29) is 0 Å². The van der Waals surface area contributed by atoms with E-state index in [2.05, 4.69) is 30.8 Å². The van der Waals surface area contributed by atoms with Gasteiger partial charge in [0.15, 0.2) is 0 Å². The van der Waals surface area contributed by atoms with E-state index >= 15 is 0 Å². The summed E-state index contributed by atoms with van der Waals surface area (Å²) >= 11 is 0. The van der Waals surface area contributed by atoms with E-state index in [0.717, 1.165) is 6.54 Å². The van der Waals surface area contributed by atoms with Crippen LogP contribution in [0.2, 0.25) is 0 Å². The van der Waals surface area contributed by atoms with Crippen molar-refractivity contribution in [3.63, 3.8) is 0 Å². The minimum absolute atomic E-state index is 0.387. The molecule has 0 bridgehead atoms. The topological polar surface area (TPSA) is 24.1 Å². The van der Waals surface area contributed by atoms with Crippen molar-refractivity contribution >= 4 is 0 Å². The Morgan fingerprint density at radius 2 is 2.25 bits per heavy atom. The van der Waals surface area contributed by atoms with Crippen molar-refractivity contribution in [3.8, 4) is 0 Å². The van der Waals surface area contributed by atoms with Gasteiger partial charge in [-0.15, -0.1) is 0 Å². The number of hydrogen-bond donors (Lipinski definition) is 2. The third kappa shape index (κ3) is 2.32. The molecule has 2 nitrogen and oxygen atoms in total. The van der Waals surface area contributed by atoms with E-state index in [4.69, 9.17) is 0 Å². The average Bonchev–Trinajstić information content (AvgIpc) is 2.71. The van der Waals surface area contributed by atoms with E-state index < -0.39 is 0 Å². The largest absolute Gasteiger partial charge is 0.261 e. The standard InChI is InChI=1S/C10H20N2/c1-4-5-6-9-7-10(9,2)8-12-11-3/h7,11-12H,4-6,8H2,1-3H3/t10-/m0/s1. The molecule has 0 unspecified atom stereocenters. The molecule has 0 saturated heterocycles. The molecule has 0 fully saturated rings. The van der Waals surface area contributed by atoms with Crippen LogP contribution in [0, 0.1) is 5.41 Å². The van der Waals surface area contributed by atoms with Gasteiger partial charge in [-0.25, -0.2) is 0 Å². The normalized spacial score (nSPS) is 27.1. The van der Waals surface area contributed by atoms with Crippen LogP contribution in [-0.4, -0.2) is 13.6 Å². The molecular formula is C10H20N2. The Hall–Kier alpha value is -0.340. The van der Waals surface area contributed by atoms with Crippen molar-refractivity contribution in [2.45, 2.75) is 33.1 Å². The summed E-state index contributed by atoms with van der Waals surface area (Å²) < 4.78 is 0. The Morgan fingerprint density at radius 1 is 1.50 bits per heavy atom. The SMILES string of the molecule is CCCCC1=C[C@@]1(C)CNNC. The molecule has 0 spiro atoms. The second kappa shape index (κ2) is 4.06. The highest BCUT2D eigenvalue weighted by molar-refractivity contribution is 5.37. The average molecular weight is 168 g/mol. The fourth-order valence-electron chi connectivity index (χ4n) is 1.51. The first-order valence-electron chi connectivity index (χ1n) is 4.85. The maximum atomic E-state index is 3.16. The lowest BCUT2D eigenvalue weighted by molar-refractivity contribution is 0.477. The van der Waals surface area contributed by atoms with E-state index in [0.29, 0.717) is 5.41 Å². The molecule has 0 heterocycles.